The molecule has 4 N–H and O–H groups in total. The van der Waals surface area contributed by atoms with Crippen LogP contribution in [0.15, 0.2) is 0 Å². The number of amides is 2. The molecule has 0 fully saturated rings. The number of unbranched alkanes of at least 4 members (excludes halogenated alkanes) is 2. The second kappa shape index (κ2) is 16.5. The Balaban J connectivity index is 0. The van der Waals surface area contributed by atoms with Crippen LogP contribution in [0.4, 0.5) is 4.79 Å². The van der Waals surface area contributed by atoms with Gasteiger partial charge in [0.25, 0.3) is 0 Å². The molecule has 0 unspecified atom stereocenters. The Labute approximate surface area is 137 Å². The van der Waals surface area contributed by atoms with Gasteiger partial charge in [-0.25, -0.2) is 4.79 Å². The maximum Gasteiger partial charge on any atom is 0.373 e. The molecule has 0 radical (unpaired) electrons. The first kappa shape index (κ1) is 23.3. The van der Waals surface area contributed by atoms with Crippen molar-refractivity contribution in [1.29, 1.82) is 0 Å². The number of rotatable bonds is 11. The standard InChI is InChI=1S/C14H29N3O3.CO2/c1-11(2)15-9-5-4-6-10-16-14(20)17-12(3)7-8-13(18)19;2-1-3/h11-12,15H,4-10H2,1-3H3,(H,18,19)(H2,16,17,20);/t12-;/m1./s1. The van der Waals surface area contributed by atoms with E-state index in [0.717, 1.165) is 25.8 Å². The molecule has 8 heteroatoms. The summed E-state index contributed by atoms with van der Waals surface area (Å²) in [6.45, 7) is 7.71. The van der Waals surface area contributed by atoms with Crippen LogP contribution < -0.4 is 16.0 Å². The highest BCUT2D eigenvalue weighted by atomic mass is 16.4. The van der Waals surface area contributed by atoms with Gasteiger partial charge in [-0.2, -0.15) is 9.59 Å². The van der Waals surface area contributed by atoms with Gasteiger partial charge < -0.3 is 21.1 Å². The van der Waals surface area contributed by atoms with E-state index in [1.165, 1.54) is 0 Å². The maximum absolute atomic E-state index is 11.5. The molecule has 8 nitrogen and oxygen atoms in total. The van der Waals surface area contributed by atoms with Crippen molar-refractivity contribution in [3.05, 3.63) is 0 Å². The Morgan fingerprint density at radius 2 is 1.61 bits per heavy atom. The molecule has 0 bridgehead atoms. The van der Waals surface area contributed by atoms with Gasteiger partial charge in [-0.3, -0.25) is 4.79 Å². The van der Waals surface area contributed by atoms with Crippen molar-refractivity contribution in [1.82, 2.24) is 16.0 Å². The lowest BCUT2D eigenvalue weighted by Gasteiger charge is -2.13. The van der Waals surface area contributed by atoms with E-state index in [-0.39, 0.29) is 24.6 Å². The van der Waals surface area contributed by atoms with Crippen molar-refractivity contribution in [3.8, 4) is 0 Å². The molecule has 134 valence electrons. The van der Waals surface area contributed by atoms with Crippen molar-refractivity contribution in [2.24, 2.45) is 0 Å². The van der Waals surface area contributed by atoms with E-state index in [9.17, 15) is 9.59 Å². The Bertz CT molecular complexity index is 355. The quantitative estimate of drug-likeness (QED) is 0.421. The van der Waals surface area contributed by atoms with E-state index in [0.29, 0.717) is 19.0 Å². The summed E-state index contributed by atoms with van der Waals surface area (Å²) in [5.41, 5.74) is 0. The molecule has 0 aliphatic rings. The topological polar surface area (TPSA) is 125 Å². The normalized spacial score (nSPS) is 11.0. The number of carbonyl (C=O) groups excluding carboxylic acids is 3. The lowest BCUT2D eigenvalue weighted by Crippen LogP contribution is -2.41. The molecule has 0 heterocycles. The minimum Gasteiger partial charge on any atom is -0.481 e. The SMILES string of the molecule is CC(C)NCCCCCNC(=O)N[C@H](C)CCC(=O)O.O=C=O. The van der Waals surface area contributed by atoms with Crippen LogP contribution in [0.5, 0.6) is 0 Å². The minimum atomic E-state index is -0.839. The van der Waals surface area contributed by atoms with Crippen molar-refractivity contribution < 1.29 is 24.3 Å². The Hall–Kier alpha value is -1.92. The summed E-state index contributed by atoms with van der Waals surface area (Å²) < 4.78 is 0. The lowest BCUT2D eigenvalue weighted by atomic mass is 10.2. The number of hydrogen-bond donors (Lipinski definition) is 4. The molecule has 0 saturated heterocycles. The summed E-state index contributed by atoms with van der Waals surface area (Å²) in [6.07, 6.45) is 3.91. The molecule has 0 rings (SSSR count). The first-order valence-electron chi connectivity index (χ1n) is 7.82. The van der Waals surface area contributed by atoms with Crippen LogP contribution in [0.2, 0.25) is 0 Å². The van der Waals surface area contributed by atoms with Gasteiger partial charge in [0.15, 0.2) is 0 Å². The summed E-state index contributed by atoms with van der Waals surface area (Å²) in [6, 6.07) is 0.177. The second-order valence-corrected chi connectivity index (χ2v) is 5.49. The summed E-state index contributed by atoms with van der Waals surface area (Å²) in [5, 5.41) is 17.4. The molecule has 0 aromatic carbocycles. The van der Waals surface area contributed by atoms with Gasteiger partial charge in [0.2, 0.25) is 0 Å². The third kappa shape index (κ3) is 22.5. The molecule has 0 spiro atoms. The fraction of sp³-hybridized carbons (Fsp3) is 0.800. The zero-order chi connectivity index (χ0) is 18.1. The first-order valence-corrected chi connectivity index (χ1v) is 7.82. The predicted molar refractivity (Wildman–Crippen MR) is 84.9 cm³/mol. The molecule has 1 atom stereocenters. The minimum absolute atomic E-state index is 0.0737. The molecule has 0 aliphatic carbocycles. The predicted octanol–water partition coefficient (Wildman–Crippen LogP) is 1.12. The molecule has 0 saturated carbocycles. The highest BCUT2D eigenvalue weighted by Crippen LogP contribution is 1.96. The van der Waals surface area contributed by atoms with Crippen molar-refractivity contribution >= 4 is 18.2 Å². The number of hydrogen-bond acceptors (Lipinski definition) is 5. The van der Waals surface area contributed by atoms with E-state index in [1.807, 2.05) is 0 Å². The molecule has 0 aromatic rings. The summed E-state index contributed by atoms with van der Waals surface area (Å²) in [5.74, 6) is -0.839. The van der Waals surface area contributed by atoms with Gasteiger partial charge >= 0.3 is 18.2 Å². The van der Waals surface area contributed by atoms with Gasteiger partial charge in [0, 0.05) is 25.0 Å². The smallest absolute Gasteiger partial charge is 0.373 e. The fourth-order valence-electron chi connectivity index (χ4n) is 1.71. The molecular formula is C15H29N3O5. The fourth-order valence-corrected chi connectivity index (χ4v) is 1.71. The average Bonchev–Trinajstić information content (AvgIpc) is 2.44. The summed E-state index contributed by atoms with van der Waals surface area (Å²) >= 11 is 0. The third-order valence-corrected chi connectivity index (χ3v) is 2.86. The van der Waals surface area contributed by atoms with Gasteiger partial charge in [-0.05, 0) is 32.7 Å². The maximum atomic E-state index is 11.5. The number of carbonyl (C=O) groups is 2. The van der Waals surface area contributed by atoms with E-state index < -0.39 is 5.97 Å². The van der Waals surface area contributed by atoms with E-state index in [2.05, 4.69) is 29.8 Å². The zero-order valence-electron chi connectivity index (χ0n) is 14.2. The van der Waals surface area contributed by atoms with Crippen LogP contribution in [-0.4, -0.2) is 48.4 Å². The van der Waals surface area contributed by atoms with E-state index in [1.54, 1.807) is 6.92 Å². The summed E-state index contributed by atoms with van der Waals surface area (Å²) in [7, 11) is 0. The number of aliphatic carboxylic acids is 1. The van der Waals surface area contributed by atoms with Crippen LogP contribution in [0.3, 0.4) is 0 Å². The number of nitrogens with one attached hydrogen (secondary N) is 3. The Morgan fingerprint density at radius 1 is 1.04 bits per heavy atom. The average molecular weight is 331 g/mol. The van der Waals surface area contributed by atoms with Gasteiger partial charge in [-0.1, -0.05) is 20.3 Å². The van der Waals surface area contributed by atoms with Crippen molar-refractivity contribution in [2.45, 2.75) is 65.0 Å². The summed E-state index contributed by atoms with van der Waals surface area (Å²) in [4.78, 5) is 38.1. The Kier molecular flexibility index (Phi) is 16.7. The molecule has 0 aromatic heterocycles. The van der Waals surface area contributed by atoms with Gasteiger partial charge in [0.1, 0.15) is 0 Å². The number of urea groups is 1. The van der Waals surface area contributed by atoms with Crippen molar-refractivity contribution in [2.75, 3.05) is 13.1 Å². The first-order chi connectivity index (χ1) is 10.8. The van der Waals surface area contributed by atoms with Crippen LogP contribution in [0, 0.1) is 0 Å². The third-order valence-electron chi connectivity index (χ3n) is 2.86. The van der Waals surface area contributed by atoms with E-state index in [4.69, 9.17) is 14.7 Å². The van der Waals surface area contributed by atoms with Crippen molar-refractivity contribution in [3.63, 3.8) is 0 Å². The largest absolute Gasteiger partial charge is 0.481 e. The lowest BCUT2D eigenvalue weighted by molar-refractivity contribution is -0.191. The molecule has 0 aliphatic heterocycles. The molecule has 23 heavy (non-hydrogen) atoms. The number of carboxylic acids is 1. The zero-order valence-corrected chi connectivity index (χ0v) is 14.2. The van der Waals surface area contributed by atoms with Crippen LogP contribution in [0.25, 0.3) is 0 Å². The Morgan fingerprint density at radius 3 is 2.13 bits per heavy atom. The van der Waals surface area contributed by atoms with E-state index >= 15 is 0 Å². The second-order valence-electron chi connectivity index (χ2n) is 5.49. The van der Waals surface area contributed by atoms with Crippen LogP contribution >= 0.6 is 0 Å². The van der Waals surface area contributed by atoms with Gasteiger partial charge in [-0.15, -0.1) is 0 Å². The monoisotopic (exact) mass is 331 g/mol. The highest BCUT2D eigenvalue weighted by Gasteiger charge is 2.08. The van der Waals surface area contributed by atoms with Crippen LogP contribution in [-0.2, 0) is 14.4 Å². The number of carboxylic acid groups (broad SMARTS) is 1. The molecular weight excluding hydrogens is 302 g/mol. The highest BCUT2D eigenvalue weighted by molar-refractivity contribution is 5.74. The van der Waals surface area contributed by atoms with Gasteiger partial charge in [0.05, 0.1) is 0 Å². The molecule has 2 amide bonds. The van der Waals surface area contributed by atoms with Crippen LogP contribution in [0.1, 0.15) is 52.9 Å².